The predicted molar refractivity (Wildman–Crippen MR) is 127 cm³/mol. The van der Waals surface area contributed by atoms with Gasteiger partial charge in [0.1, 0.15) is 24.1 Å². The van der Waals surface area contributed by atoms with Crippen molar-refractivity contribution in [2.24, 2.45) is 0 Å². The van der Waals surface area contributed by atoms with Gasteiger partial charge < -0.3 is 14.7 Å². The summed E-state index contributed by atoms with van der Waals surface area (Å²) in [5, 5.41) is 11.3. The van der Waals surface area contributed by atoms with Gasteiger partial charge in [-0.25, -0.2) is 13.8 Å². The number of nitrogens with zero attached hydrogens (tertiary/aromatic N) is 5. The van der Waals surface area contributed by atoms with Crippen LogP contribution < -0.4 is 9.64 Å². The van der Waals surface area contributed by atoms with Gasteiger partial charge in [-0.15, -0.1) is 6.58 Å². The molecule has 0 aliphatic carbocycles. The van der Waals surface area contributed by atoms with Crippen LogP contribution in [0.3, 0.4) is 0 Å². The molecule has 3 aliphatic heterocycles. The summed E-state index contributed by atoms with van der Waals surface area (Å²) in [4.78, 5) is 17.0. The lowest BCUT2D eigenvalue weighted by Crippen LogP contribution is -2.48. The van der Waals surface area contributed by atoms with Gasteiger partial charge in [-0.1, -0.05) is 17.7 Å². The van der Waals surface area contributed by atoms with Gasteiger partial charge in [0.05, 0.1) is 16.5 Å². The van der Waals surface area contributed by atoms with Gasteiger partial charge in [-0.05, 0) is 45.1 Å². The minimum absolute atomic E-state index is 0.0207. The molecular weight excluding hydrogens is 464 g/mol. The molecule has 0 saturated carbocycles. The first-order chi connectivity index (χ1) is 16.3. The summed E-state index contributed by atoms with van der Waals surface area (Å²) in [6, 6.07) is 0.0207. The highest BCUT2D eigenvalue weighted by molar-refractivity contribution is 6.30. The Balaban J connectivity index is 1.48. The summed E-state index contributed by atoms with van der Waals surface area (Å²) in [5.74, 6) is -0.285. The number of ether oxygens (including phenoxy) is 1. The SMILES string of the molecule is C=CCCC1(O)CCCN(c2nc(OC[C@@]34CCCN3C[C@H](F)C4)nc3c(F)c(Cl)ncc23)C1. The van der Waals surface area contributed by atoms with Crippen LogP contribution in [0.25, 0.3) is 10.9 Å². The molecule has 7 nitrogen and oxygen atoms in total. The molecule has 34 heavy (non-hydrogen) atoms. The van der Waals surface area contributed by atoms with Gasteiger partial charge in [0, 0.05) is 32.3 Å². The van der Waals surface area contributed by atoms with Crippen molar-refractivity contribution in [3.8, 4) is 6.01 Å². The van der Waals surface area contributed by atoms with E-state index in [0.717, 1.165) is 25.8 Å². The zero-order valence-electron chi connectivity index (χ0n) is 19.1. The summed E-state index contributed by atoms with van der Waals surface area (Å²) < 4.78 is 35.2. The lowest BCUT2D eigenvalue weighted by Gasteiger charge is -2.40. The van der Waals surface area contributed by atoms with Crippen molar-refractivity contribution in [3.63, 3.8) is 0 Å². The van der Waals surface area contributed by atoms with E-state index >= 15 is 0 Å². The maximum Gasteiger partial charge on any atom is 0.319 e. The van der Waals surface area contributed by atoms with E-state index in [1.807, 2.05) is 4.90 Å². The third kappa shape index (κ3) is 4.33. The fraction of sp³-hybridized carbons (Fsp3) is 0.625. The Morgan fingerprint density at radius 3 is 2.94 bits per heavy atom. The number of rotatable bonds is 7. The Morgan fingerprint density at radius 2 is 2.12 bits per heavy atom. The maximum atomic E-state index is 15.0. The number of aromatic nitrogens is 3. The number of fused-ring (bicyclic) bond motifs is 2. The Kier molecular flexibility index (Phi) is 6.37. The molecule has 3 aliphatic rings. The van der Waals surface area contributed by atoms with Gasteiger partial charge in [-0.2, -0.15) is 9.97 Å². The smallest absolute Gasteiger partial charge is 0.319 e. The van der Waals surface area contributed by atoms with Crippen molar-refractivity contribution in [1.82, 2.24) is 19.9 Å². The third-order valence-electron chi connectivity index (χ3n) is 7.50. The molecule has 5 rings (SSSR count). The molecule has 2 aromatic rings. The molecule has 1 unspecified atom stereocenters. The van der Waals surface area contributed by atoms with Crippen molar-refractivity contribution >= 4 is 28.3 Å². The molecule has 184 valence electrons. The van der Waals surface area contributed by atoms with Crippen LogP contribution in [0.15, 0.2) is 18.9 Å². The molecule has 2 aromatic heterocycles. The number of aliphatic hydroxyl groups is 1. The second-order valence-corrected chi connectivity index (χ2v) is 10.3. The zero-order chi connectivity index (χ0) is 23.9. The van der Waals surface area contributed by atoms with E-state index in [-0.39, 0.29) is 28.8 Å². The van der Waals surface area contributed by atoms with Crippen LogP contribution in [-0.2, 0) is 0 Å². The summed E-state index contributed by atoms with van der Waals surface area (Å²) in [5.41, 5.74) is -1.25. The summed E-state index contributed by atoms with van der Waals surface area (Å²) in [7, 11) is 0. The fourth-order valence-corrected chi connectivity index (χ4v) is 5.96. The molecule has 0 aromatic carbocycles. The normalized spacial score (nSPS) is 29.5. The van der Waals surface area contributed by atoms with Crippen molar-refractivity contribution in [2.75, 3.05) is 37.7 Å². The van der Waals surface area contributed by atoms with Crippen LogP contribution in [0, 0.1) is 5.82 Å². The molecule has 0 bridgehead atoms. The van der Waals surface area contributed by atoms with E-state index in [2.05, 4.69) is 26.4 Å². The first kappa shape index (κ1) is 23.6. The van der Waals surface area contributed by atoms with Crippen LogP contribution in [0.1, 0.15) is 44.9 Å². The summed E-state index contributed by atoms with van der Waals surface area (Å²) >= 11 is 5.95. The van der Waals surface area contributed by atoms with Crippen molar-refractivity contribution < 1.29 is 18.6 Å². The Morgan fingerprint density at radius 1 is 1.29 bits per heavy atom. The van der Waals surface area contributed by atoms with E-state index in [1.54, 1.807) is 6.08 Å². The second-order valence-electron chi connectivity index (χ2n) is 9.90. The van der Waals surface area contributed by atoms with Gasteiger partial charge in [-0.3, -0.25) is 4.90 Å². The first-order valence-corrected chi connectivity index (χ1v) is 12.3. The average Bonchev–Trinajstić information content (AvgIpc) is 3.34. The Hall–Kier alpha value is -2.10. The molecule has 0 radical (unpaired) electrons. The molecule has 3 saturated heterocycles. The highest BCUT2D eigenvalue weighted by Gasteiger charge is 2.49. The number of allylic oxidation sites excluding steroid dienone is 1. The highest BCUT2D eigenvalue weighted by atomic mass is 35.5. The molecule has 3 atom stereocenters. The molecule has 0 spiro atoms. The van der Waals surface area contributed by atoms with Gasteiger partial charge >= 0.3 is 6.01 Å². The number of β-amino-alcohol motifs (C(OH)–C–C–N with tert-alkyl or cyclic N) is 1. The quantitative estimate of drug-likeness (QED) is 0.460. The first-order valence-electron chi connectivity index (χ1n) is 11.9. The molecule has 5 heterocycles. The monoisotopic (exact) mass is 493 g/mol. The molecule has 0 amide bonds. The van der Waals surface area contributed by atoms with Gasteiger partial charge in [0.15, 0.2) is 11.0 Å². The number of alkyl halides is 1. The summed E-state index contributed by atoms with van der Waals surface area (Å²) in [6.07, 6.45) is 7.35. The lowest BCUT2D eigenvalue weighted by atomic mass is 9.88. The minimum Gasteiger partial charge on any atom is -0.461 e. The Bertz CT molecular complexity index is 1090. The fourth-order valence-electron chi connectivity index (χ4n) is 5.82. The van der Waals surface area contributed by atoms with Crippen molar-refractivity contribution in [2.45, 2.75) is 62.3 Å². The van der Waals surface area contributed by atoms with Crippen LogP contribution in [0.5, 0.6) is 6.01 Å². The largest absolute Gasteiger partial charge is 0.461 e. The van der Waals surface area contributed by atoms with E-state index in [0.29, 0.717) is 56.5 Å². The molecule has 3 fully saturated rings. The molecular formula is C24H30ClF2N5O2. The number of piperidine rings is 1. The molecule has 1 N–H and O–H groups in total. The van der Waals surface area contributed by atoms with Gasteiger partial charge in [0.25, 0.3) is 0 Å². The van der Waals surface area contributed by atoms with E-state index < -0.39 is 17.6 Å². The van der Waals surface area contributed by atoms with E-state index in [1.165, 1.54) is 6.20 Å². The highest BCUT2D eigenvalue weighted by Crippen LogP contribution is 2.41. The average molecular weight is 494 g/mol. The zero-order valence-corrected chi connectivity index (χ0v) is 19.9. The third-order valence-corrected chi connectivity index (χ3v) is 7.76. The van der Waals surface area contributed by atoms with Crippen molar-refractivity contribution in [3.05, 3.63) is 29.8 Å². The number of hydrogen-bond acceptors (Lipinski definition) is 7. The van der Waals surface area contributed by atoms with Crippen molar-refractivity contribution in [1.29, 1.82) is 0 Å². The number of hydrogen-bond donors (Lipinski definition) is 1. The minimum atomic E-state index is -0.896. The van der Waals surface area contributed by atoms with E-state index in [9.17, 15) is 13.9 Å². The maximum absolute atomic E-state index is 15.0. The second kappa shape index (κ2) is 9.17. The topological polar surface area (TPSA) is 74.6 Å². The summed E-state index contributed by atoms with van der Waals surface area (Å²) in [6.45, 7) is 6.25. The van der Waals surface area contributed by atoms with Crippen LogP contribution >= 0.6 is 11.6 Å². The number of pyridine rings is 1. The molecule has 10 heteroatoms. The van der Waals surface area contributed by atoms with Crippen LogP contribution in [-0.4, -0.2) is 75.1 Å². The predicted octanol–water partition coefficient (Wildman–Crippen LogP) is 4.07. The number of halogens is 3. The van der Waals surface area contributed by atoms with Gasteiger partial charge in [0.2, 0.25) is 0 Å². The van der Waals surface area contributed by atoms with E-state index in [4.69, 9.17) is 16.3 Å². The number of anilines is 1. The standard InChI is InChI=1S/C24H30ClF2N5O2/c1-2-3-7-24(33)8-5-9-31(14-24)21-17-12-28-20(25)18(27)19(17)29-22(30-21)34-15-23-6-4-10-32(23)13-16(26)11-23/h2,12,16,33H,1,3-11,13-15H2/t16-,23+,24?/m1/s1. The van der Waals surface area contributed by atoms with Crippen LogP contribution in [0.2, 0.25) is 5.15 Å². The lowest BCUT2D eigenvalue weighted by molar-refractivity contribution is 0.0184. The van der Waals surface area contributed by atoms with Crippen LogP contribution in [0.4, 0.5) is 14.6 Å². The Labute approximate surface area is 202 Å².